The first-order valence-corrected chi connectivity index (χ1v) is 5.07. The molecule has 0 aromatic heterocycles. The minimum absolute atomic E-state index is 0.0497. The van der Waals surface area contributed by atoms with Crippen LogP contribution in [0.3, 0.4) is 0 Å². The molecular formula is C7H14NO2S+. The van der Waals surface area contributed by atoms with Gasteiger partial charge in [-0.25, -0.2) is 4.79 Å². The van der Waals surface area contributed by atoms with Crippen LogP contribution in [0.15, 0.2) is 0 Å². The highest BCUT2D eigenvalue weighted by Crippen LogP contribution is 2.03. The molecule has 0 aromatic carbocycles. The molecule has 1 aliphatic rings. The quantitative estimate of drug-likeness (QED) is 0.562. The van der Waals surface area contributed by atoms with Gasteiger partial charge in [0.25, 0.3) is 0 Å². The van der Waals surface area contributed by atoms with Crippen LogP contribution in [-0.2, 0) is 9.53 Å². The average molecular weight is 176 g/mol. The fourth-order valence-corrected chi connectivity index (χ4v) is 2.04. The van der Waals surface area contributed by atoms with E-state index in [1.165, 1.54) is 0 Å². The summed E-state index contributed by atoms with van der Waals surface area (Å²) in [6, 6.07) is 0.0497. The maximum absolute atomic E-state index is 11.1. The van der Waals surface area contributed by atoms with Crippen LogP contribution in [0.2, 0.25) is 0 Å². The van der Waals surface area contributed by atoms with Gasteiger partial charge in [-0.3, -0.25) is 0 Å². The summed E-state index contributed by atoms with van der Waals surface area (Å²) in [6.07, 6.45) is 0. The molecule has 1 heterocycles. The van der Waals surface area contributed by atoms with Gasteiger partial charge in [-0.15, -0.1) is 11.8 Å². The van der Waals surface area contributed by atoms with Crippen molar-refractivity contribution in [2.45, 2.75) is 13.0 Å². The van der Waals surface area contributed by atoms with Crippen LogP contribution in [0.1, 0.15) is 6.92 Å². The Morgan fingerprint density at radius 2 is 2.64 bits per heavy atom. The molecule has 3 nitrogen and oxygen atoms in total. The van der Waals surface area contributed by atoms with Gasteiger partial charge in [-0.2, -0.15) is 0 Å². The van der Waals surface area contributed by atoms with E-state index in [1.807, 2.05) is 18.7 Å². The van der Waals surface area contributed by atoms with Crippen LogP contribution in [0.4, 0.5) is 0 Å². The number of quaternary nitrogens is 1. The standard InChI is InChI=1S/C7H13NO2S/c1-2-10-7(9)6-5-11-4-3-8-6/h6,8H,2-5H2,1H3/p+1/t6-/m1/s1. The van der Waals surface area contributed by atoms with E-state index in [-0.39, 0.29) is 12.0 Å². The third-order valence-electron chi connectivity index (χ3n) is 1.60. The molecule has 0 bridgehead atoms. The number of hydrogen-bond donors (Lipinski definition) is 1. The maximum Gasteiger partial charge on any atom is 0.365 e. The van der Waals surface area contributed by atoms with Crippen molar-refractivity contribution in [1.82, 2.24) is 0 Å². The summed E-state index contributed by atoms with van der Waals surface area (Å²) in [5.74, 6) is 1.99. The number of esters is 1. The molecule has 1 rings (SSSR count). The van der Waals surface area contributed by atoms with Crippen molar-refractivity contribution in [2.75, 3.05) is 24.7 Å². The molecule has 0 amide bonds. The summed E-state index contributed by atoms with van der Waals surface area (Å²) in [5.41, 5.74) is 0. The molecule has 0 aliphatic carbocycles. The highest BCUT2D eigenvalue weighted by atomic mass is 32.2. The fraction of sp³-hybridized carbons (Fsp3) is 0.857. The number of carbonyl (C=O) groups excluding carboxylic acids is 1. The van der Waals surface area contributed by atoms with Crippen LogP contribution in [0, 0.1) is 0 Å². The van der Waals surface area contributed by atoms with Crippen LogP contribution in [0.25, 0.3) is 0 Å². The topological polar surface area (TPSA) is 42.9 Å². The molecule has 4 heteroatoms. The maximum atomic E-state index is 11.1. The number of nitrogens with two attached hydrogens (primary N) is 1. The molecule has 2 N–H and O–H groups in total. The van der Waals surface area contributed by atoms with Gasteiger partial charge in [0.05, 0.1) is 18.9 Å². The van der Waals surface area contributed by atoms with Crippen molar-refractivity contribution in [3.05, 3.63) is 0 Å². The van der Waals surface area contributed by atoms with Gasteiger partial charge in [-0.1, -0.05) is 0 Å². The monoisotopic (exact) mass is 176 g/mol. The Hall–Kier alpha value is -0.220. The van der Waals surface area contributed by atoms with Crippen molar-refractivity contribution in [3.8, 4) is 0 Å². The zero-order valence-corrected chi connectivity index (χ0v) is 7.52. The molecule has 1 atom stereocenters. The minimum atomic E-state index is -0.0558. The van der Waals surface area contributed by atoms with Gasteiger partial charge in [0, 0.05) is 5.75 Å². The number of ether oxygens (including phenoxy) is 1. The minimum Gasteiger partial charge on any atom is -0.462 e. The number of thioether (sulfide) groups is 1. The van der Waals surface area contributed by atoms with Crippen LogP contribution >= 0.6 is 11.8 Å². The Kier molecular flexibility index (Phi) is 3.72. The molecule has 0 saturated carbocycles. The molecule has 1 saturated heterocycles. The van der Waals surface area contributed by atoms with E-state index in [4.69, 9.17) is 4.74 Å². The largest absolute Gasteiger partial charge is 0.462 e. The summed E-state index contributed by atoms with van der Waals surface area (Å²) in [6.45, 7) is 3.37. The Morgan fingerprint density at radius 1 is 1.82 bits per heavy atom. The molecule has 11 heavy (non-hydrogen) atoms. The third kappa shape index (κ3) is 2.71. The molecule has 64 valence electrons. The summed E-state index contributed by atoms with van der Waals surface area (Å²) in [4.78, 5) is 11.1. The second-order valence-electron chi connectivity index (χ2n) is 2.46. The summed E-state index contributed by atoms with van der Waals surface area (Å²) in [7, 11) is 0. The van der Waals surface area contributed by atoms with E-state index in [9.17, 15) is 4.79 Å². The zero-order valence-electron chi connectivity index (χ0n) is 6.71. The van der Waals surface area contributed by atoms with Crippen LogP contribution < -0.4 is 5.32 Å². The second-order valence-corrected chi connectivity index (χ2v) is 3.61. The molecule has 1 fully saturated rings. The lowest BCUT2D eigenvalue weighted by Crippen LogP contribution is -2.94. The van der Waals surface area contributed by atoms with Gasteiger partial charge in [0.15, 0.2) is 6.04 Å². The first-order valence-electron chi connectivity index (χ1n) is 3.92. The zero-order chi connectivity index (χ0) is 8.10. The lowest BCUT2D eigenvalue weighted by Gasteiger charge is -2.17. The van der Waals surface area contributed by atoms with Crippen LogP contribution in [-0.4, -0.2) is 36.7 Å². The van der Waals surface area contributed by atoms with Crippen molar-refractivity contribution in [2.24, 2.45) is 0 Å². The highest BCUT2D eigenvalue weighted by Gasteiger charge is 2.25. The number of rotatable bonds is 2. The van der Waals surface area contributed by atoms with E-state index in [1.54, 1.807) is 0 Å². The normalized spacial score (nSPS) is 24.6. The molecule has 0 spiro atoms. The Bertz CT molecular complexity index is 134. The Labute approximate surface area is 70.9 Å². The summed E-state index contributed by atoms with van der Waals surface area (Å²) < 4.78 is 4.90. The summed E-state index contributed by atoms with van der Waals surface area (Å²) in [5, 5.41) is 2.06. The smallest absolute Gasteiger partial charge is 0.365 e. The first-order chi connectivity index (χ1) is 5.34. The predicted octanol–water partition coefficient (Wildman–Crippen LogP) is -0.772. The third-order valence-corrected chi connectivity index (χ3v) is 2.72. The number of carbonyl (C=O) groups is 1. The van der Waals surface area contributed by atoms with Crippen molar-refractivity contribution >= 4 is 17.7 Å². The van der Waals surface area contributed by atoms with Gasteiger partial charge in [-0.05, 0) is 6.92 Å². The van der Waals surface area contributed by atoms with Crippen molar-refractivity contribution in [3.63, 3.8) is 0 Å². The van der Waals surface area contributed by atoms with E-state index in [2.05, 4.69) is 5.32 Å². The van der Waals surface area contributed by atoms with Crippen LogP contribution in [0.5, 0.6) is 0 Å². The molecule has 0 unspecified atom stereocenters. The lowest BCUT2D eigenvalue weighted by atomic mass is 10.3. The van der Waals surface area contributed by atoms with E-state index in [0.717, 1.165) is 18.1 Å². The fourth-order valence-electron chi connectivity index (χ4n) is 1.04. The van der Waals surface area contributed by atoms with Crippen molar-refractivity contribution in [1.29, 1.82) is 0 Å². The summed E-state index contributed by atoms with van der Waals surface area (Å²) >= 11 is 1.83. The Morgan fingerprint density at radius 3 is 3.18 bits per heavy atom. The van der Waals surface area contributed by atoms with Gasteiger partial charge >= 0.3 is 5.97 Å². The lowest BCUT2D eigenvalue weighted by molar-refractivity contribution is -0.672. The van der Waals surface area contributed by atoms with Gasteiger partial charge in [0.2, 0.25) is 0 Å². The molecule has 0 radical (unpaired) electrons. The van der Waals surface area contributed by atoms with Gasteiger partial charge < -0.3 is 10.1 Å². The molecule has 1 aliphatic heterocycles. The Balaban J connectivity index is 2.27. The van der Waals surface area contributed by atoms with E-state index < -0.39 is 0 Å². The van der Waals surface area contributed by atoms with E-state index >= 15 is 0 Å². The number of hydrogen-bond acceptors (Lipinski definition) is 3. The highest BCUT2D eigenvalue weighted by molar-refractivity contribution is 7.99. The SMILES string of the molecule is CCOC(=O)[C@H]1CSCC[NH2+]1. The van der Waals surface area contributed by atoms with Gasteiger partial charge in [0.1, 0.15) is 0 Å². The molecular weight excluding hydrogens is 162 g/mol. The average Bonchev–Trinajstić information content (AvgIpc) is 2.07. The molecule has 0 aromatic rings. The first kappa shape index (κ1) is 8.87. The van der Waals surface area contributed by atoms with Crippen molar-refractivity contribution < 1.29 is 14.8 Å². The van der Waals surface area contributed by atoms with E-state index in [0.29, 0.717) is 6.61 Å². The predicted molar refractivity (Wildman–Crippen MR) is 44.5 cm³/mol. The second kappa shape index (κ2) is 4.62.